The minimum Gasteiger partial charge on any atom is -0.206 e. The van der Waals surface area contributed by atoms with Crippen LogP contribution in [0.3, 0.4) is 0 Å². The lowest BCUT2D eigenvalue weighted by Crippen LogP contribution is -2.13. The van der Waals surface area contributed by atoms with Gasteiger partial charge in [0.15, 0.2) is 17.5 Å². The third-order valence-electron chi connectivity index (χ3n) is 5.70. The van der Waals surface area contributed by atoms with Gasteiger partial charge in [0.25, 0.3) is 0 Å². The van der Waals surface area contributed by atoms with E-state index >= 15 is 0 Å². The average Bonchev–Trinajstić information content (AvgIpc) is 2.75. The number of rotatable bonds is 2. The highest BCUT2D eigenvalue weighted by Crippen LogP contribution is 2.34. The fraction of sp³-hybridized carbons (Fsp3) is 0.231. The van der Waals surface area contributed by atoms with Gasteiger partial charge in [0, 0.05) is 5.56 Å². The van der Waals surface area contributed by atoms with Crippen LogP contribution < -0.4 is 0 Å². The first-order valence-corrected chi connectivity index (χ1v) is 10.0. The van der Waals surface area contributed by atoms with Crippen molar-refractivity contribution in [2.75, 3.05) is 0 Å². The van der Waals surface area contributed by atoms with Gasteiger partial charge in [0.05, 0.1) is 5.56 Å². The second kappa shape index (κ2) is 8.36. The summed E-state index contributed by atoms with van der Waals surface area (Å²) < 4.78 is 54.3. The Bertz CT molecular complexity index is 1130. The summed E-state index contributed by atoms with van der Waals surface area (Å²) in [6, 6.07) is 13.4. The average molecular weight is 408 g/mol. The van der Waals surface area contributed by atoms with E-state index in [1.165, 1.54) is 17.2 Å². The Morgan fingerprint density at radius 2 is 1.53 bits per heavy atom. The number of aryl methyl sites for hydroxylation is 2. The van der Waals surface area contributed by atoms with Crippen molar-refractivity contribution in [1.29, 1.82) is 0 Å². The highest BCUT2D eigenvalue weighted by molar-refractivity contribution is 5.48. The highest BCUT2D eigenvalue weighted by Gasteiger charge is 2.21. The fourth-order valence-corrected chi connectivity index (χ4v) is 3.95. The Balaban J connectivity index is 1.58. The van der Waals surface area contributed by atoms with E-state index in [-0.39, 0.29) is 11.1 Å². The smallest absolute Gasteiger partial charge is 0.194 e. The van der Waals surface area contributed by atoms with Gasteiger partial charge in [-0.1, -0.05) is 43.0 Å². The van der Waals surface area contributed by atoms with Gasteiger partial charge in [0.2, 0.25) is 0 Å². The van der Waals surface area contributed by atoms with E-state index in [2.05, 4.69) is 43.0 Å². The number of fused-ring (bicyclic) bond motifs is 1. The third-order valence-corrected chi connectivity index (χ3v) is 5.70. The topological polar surface area (TPSA) is 0 Å². The lowest BCUT2D eigenvalue weighted by atomic mass is 9.79. The Kier molecular flexibility index (Phi) is 5.63. The molecule has 3 aromatic carbocycles. The van der Waals surface area contributed by atoms with Crippen LogP contribution >= 0.6 is 0 Å². The summed E-state index contributed by atoms with van der Waals surface area (Å²) in [5.41, 5.74) is 4.70. The van der Waals surface area contributed by atoms with E-state index < -0.39 is 23.3 Å². The lowest BCUT2D eigenvalue weighted by molar-refractivity contribution is 0.446. The van der Waals surface area contributed by atoms with Crippen molar-refractivity contribution in [2.45, 2.75) is 38.5 Å². The molecule has 1 aliphatic carbocycles. The zero-order valence-electron chi connectivity index (χ0n) is 16.5. The quantitative estimate of drug-likeness (QED) is 0.259. The molecular formula is C26H20F4. The van der Waals surface area contributed by atoms with Gasteiger partial charge >= 0.3 is 0 Å². The maximum absolute atomic E-state index is 14.6. The summed E-state index contributed by atoms with van der Waals surface area (Å²) in [5.74, 6) is 0.864. The van der Waals surface area contributed by atoms with Crippen LogP contribution in [0.25, 0.3) is 0 Å². The van der Waals surface area contributed by atoms with Crippen LogP contribution in [0.15, 0.2) is 48.5 Å². The number of hydrogen-bond acceptors (Lipinski definition) is 0. The van der Waals surface area contributed by atoms with E-state index in [0.29, 0.717) is 5.92 Å². The molecule has 152 valence electrons. The van der Waals surface area contributed by atoms with Crippen molar-refractivity contribution in [1.82, 2.24) is 0 Å². The van der Waals surface area contributed by atoms with E-state index in [1.54, 1.807) is 6.07 Å². The summed E-state index contributed by atoms with van der Waals surface area (Å²) in [4.78, 5) is 0. The highest BCUT2D eigenvalue weighted by atomic mass is 19.2. The van der Waals surface area contributed by atoms with Gasteiger partial charge < -0.3 is 0 Å². The van der Waals surface area contributed by atoms with Crippen LogP contribution in [0.4, 0.5) is 17.6 Å². The van der Waals surface area contributed by atoms with Crippen LogP contribution in [0.1, 0.15) is 52.6 Å². The molecular weight excluding hydrogens is 388 g/mol. The molecule has 0 amide bonds. The van der Waals surface area contributed by atoms with E-state index in [4.69, 9.17) is 0 Å². The zero-order valence-corrected chi connectivity index (χ0v) is 16.5. The molecule has 0 saturated heterocycles. The number of benzene rings is 3. The lowest BCUT2D eigenvalue weighted by Gasteiger charge is -2.25. The van der Waals surface area contributed by atoms with Crippen molar-refractivity contribution in [3.63, 3.8) is 0 Å². The molecule has 4 rings (SSSR count). The third kappa shape index (κ3) is 4.11. The first-order chi connectivity index (χ1) is 14.4. The fourth-order valence-electron chi connectivity index (χ4n) is 3.95. The molecule has 1 atom stereocenters. The van der Waals surface area contributed by atoms with E-state index in [9.17, 15) is 17.6 Å². The maximum Gasteiger partial charge on any atom is 0.194 e. The minimum atomic E-state index is -1.54. The molecule has 30 heavy (non-hydrogen) atoms. The van der Waals surface area contributed by atoms with E-state index in [1.807, 2.05) is 0 Å². The van der Waals surface area contributed by atoms with Gasteiger partial charge in [-0.2, -0.15) is 0 Å². The van der Waals surface area contributed by atoms with Crippen molar-refractivity contribution in [2.24, 2.45) is 0 Å². The number of halogens is 4. The van der Waals surface area contributed by atoms with Crippen LogP contribution in [0.5, 0.6) is 0 Å². The summed E-state index contributed by atoms with van der Waals surface area (Å²) >= 11 is 0. The van der Waals surface area contributed by atoms with Gasteiger partial charge in [0.1, 0.15) is 5.82 Å². The first kappa shape index (κ1) is 20.2. The molecule has 1 unspecified atom stereocenters. The Morgan fingerprint density at radius 1 is 0.833 bits per heavy atom. The Morgan fingerprint density at radius 3 is 2.20 bits per heavy atom. The standard InChI is InChI=1S/C26H20F4/c1-2-16-3-6-18(7-4-16)19-9-10-20-13-21(23(27)15-22(20)14-19)8-5-17-11-24(28)26(30)25(29)12-17/h3-4,6-7,11-13,15,19H,2,9-10,14H2,1H3. The summed E-state index contributed by atoms with van der Waals surface area (Å²) in [6.07, 6.45) is 3.54. The van der Waals surface area contributed by atoms with Crippen molar-refractivity contribution >= 4 is 0 Å². The normalized spacial score (nSPS) is 15.3. The zero-order chi connectivity index (χ0) is 21.3. The largest absolute Gasteiger partial charge is 0.206 e. The summed E-state index contributed by atoms with van der Waals surface area (Å²) in [5, 5.41) is 0. The van der Waals surface area contributed by atoms with Gasteiger partial charge in [-0.05, 0) is 78.1 Å². The predicted molar refractivity (Wildman–Crippen MR) is 109 cm³/mol. The van der Waals surface area contributed by atoms with Crippen molar-refractivity contribution in [3.05, 3.63) is 105 Å². The van der Waals surface area contributed by atoms with Gasteiger partial charge in [-0.3, -0.25) is 0 Å². The van der Waals surface area contributed by atoms with Gasteiger partial charge in [-0.15, -0.1) is 0 Å². The Hall–Kier alpha value is -3.06. The summed E-state index contributed by atoms with van der Waals surface area (Å²) in [6.45, 7) is 2.12. The number of hydrogen-bond donors (Lipinski definition) is 0. The first-order valence-electron chi connectivity index (χ1n) is 10.0. The second-order valence-corrected chi connectivity index (χ2v) is 7.64. The van der Waals surface area contributed by atoms with Crippen LogP contribution in [-0.2, 0) is 19.3 Å². The summed E-state index contributed by atoms with van der Waals surface area (Å²) in [7, 11) is 0. The molecule has 0 bridgehead atoms. The molecule has 0 N–H and O–H groups in total. The molecule has 1 aliphatic rings. The molecule has 0 radical (unpaired) electrons. The molecule has 0 aromatic heterocycles. The monoisotopic (exact) mass is 408 g/mol. The molecule has 0 heterocycles. The van der Waals surface area contributed by atoms with Crippen LogP contribution in [0, 0.1) is 35.1 Å². The predicted octanol–water partition coefficient (Wildman–Crippen LogP) is 6.48. The minimum absolute atomic E-state index is 0.0425. The van der Waals surface area contributed by atoms with Crippen LogP contribution in [0.2, 0.25) is 0 Å². The van der Waals surface area contributed by atoms with Crippen molar-refractivity contribution < 1.29 is 17.6 Å². The molecule has 3 aromatic rings. The van der Waals surface area contributed by atoms with Gasteiger partial charge in [-0.25, -0.2) is 17.6 Å². The molecule has 0 saturated carbocycles. The maximum atomic E-state index is 14.6. The second-order valence-electron chi connectivity index (χ2n) is 7.64. The molecule has 4 heteroatoms. The Labute approximate surface area is 173 Å². The molecule has 0 spiro atoms. The molecule has 0 nitrogen and oxygen atoms in total. The molecule has 0 aliphatic heterocycles. The van der Waals surface area contributed by atoms with Crippen molar-refractivity contribution in [3.8, 4) is 11.8 Å². The SMILES string of the molecule is CCc1ccc(C2CCc3cc(C#Cc4cc(F)c(F)c(F)c4)c(F)cc3C2)cc1. The van der Waals surface area contributed by atoms with E-state index in [0.717, 1.165) is 48.9 Å². The van der Waals surface area contributed by atoms with Crippen LogP contribution in [-0.4, -0.2) is 0 Å². The molecule has 0 fully saturated rings.